The Morgan fingerprint density at radius 2 is 1.94 bits per heavy atom. The lowest BCUT2D eigenvalue weighted by Crippen LogP contribution is -2.38. The van der Waals surface area contributed by atoms with E-state index in [0.717, 1.165) is 23.9 Å². The first-order chi connectivity index (χ1) is 7.84. The second-order valence-electron chi connectivity index (χ2n) is 5.51. The van der Waals surface area contributed by atoms with Crippen molar-refractivity contribution in [2.45, 2.75) is 50.6 Å². The minimum absolute atomic E-state index is 0.729. The van der Waals surface area contributed by atoms with Gasteiger partial charge in [-0.05, 0) is 37.7 Å². The van der Waals surface area contributed by atoms with E-state index < -0.39 is 0 Å². The monoisotopic (exact) mass is 215 g/mol. The molecule has 0 aromatic heterocycles. The molecule has 0 aliphatic heterocycles. The van der Waals surface area contributed by atoms with E-state index in [2.05, 4.69) is 42.6 Å². The van der Waals surface area contributed by atoms with E-state index in [-0.39, 0.29) is 0 Å². The number of hydrogen-bond donors (Lipinski definition) is 1. The highest BCUT2D eigenvalue weighted by atomic mass is 15.0. The summed E-state index contributed by atoms with van der Waals surface area (Å²) < 4.78 is 0. The third-order valence-electron chi connectivity index (χ3n) is 4.35. The molecule has 0 unspecified atom stereocenters. The van der Waals surface area contributed by atoms with Crippen LogP contribution in [0.25, 0.3) is 0 Å². The number of nitrogens with one attached hydrogen (secondary N) is 1. The summed E-state index contributed by atoms with van der Waals surface area (Å²) >= 11 is 0. The van der Waals surface area contributed by atoms with E-state index in [1.807, 2.05) is 0 Å². The van der Waals surface area contributed by atoms with Gasteiger partial charge in [0.15, 0.2) is 0 Å². The van der Waals surface area contributed by atoms with Crippen LogP contribution in [0, 0.1) is 5.92 Å². The molecular formula is C15H21N. The average Bonchev–Trinajstić information content (AvgIpc) is 2.96. The van der Waals surface area contributed by atoms with Crippen molar-refractivity contribution in [2.75, 3.05) is 0 Å². The van der Waals surface area contributed by atoms with Gasteiger partial charge in [0, 0.05) is 18.0 Å². The molecule has 1 heteroatoms. The lowest BCUT2D eigenvalue weighted by molar-refractivity contribution is 0.239. The molecule has 16 heavy (non-hydrogen) atoms. The summed E-state index contributed by atoms with van der Waals surface area (Å²) in [5.41, 5.74) is 1.51. The van der Waals surface area contributed by atoms with Crippen molar-refractivity contribution in [1.82, 2.24) is 5.32 Å². The molecule has 0 spiro atoms. The van der Waals surface area contributed by atoms with Gasteiger partial charge < -0.3 is 5.32 Å². The van der Waals surface area contributed by atoms with Crippen LogP contribution in [-0.4, -0.2) is 12.1 Å². The normalized spacial score (nSPS) is 30.8. The van der Waals surface area contributed by atoms with Gasteiger partial charge in [0.25, 0.3) is 0 Å². The molecule has 2 fully saturated rings. The Kier molecular flexibility index (Phi) is 2.72. The maximum atomic E-state index is 3.80. The van der Waals surface area contributed by atoms with Crippen LogP contribution < -0.4 is 5.32 Å². The van der Waals surface area contributed by atoms with E-state index in [1.54, 1.807) is 0 Å². The molecule has 0 heterocycles. The van der Waals surface area contributed by atoms with E-state index in [0.29, 0.717) is 0 Å². The van der Waals surface area contributed by atoms with Crippen LogP contribution in [0.15, 0.2) is 30.3 Å². The molecule has 0 radical (unpaired) electrons. The van der Waals surface area contributed by atoms with Gasteiger partial charge in [-0.1, -0.05) is 36.8 Å². The van der Waals surface area contributed by atoms with Crippen molar-refractivity contribution in [2.24, 2.45) is 5.92 Å². The maximum Gasteiger partial charge on any atom is 0.0145 e. The Morgan fingerprint density at radius 1 is 1.19 bits per heavy atom. The summed E-state index contributed by atoms with van der Waals surface area (Å²) in [5, 5.41) is 3.80. The van der Waals surface area contributed by atoms with Gasteiger partial charge in [0.2, 0.25) is 0 Å². The van der Waals surface area contributed by atoms with Crippen molar-refractivity contribution in [1.29, 1.82) is 0 Å². The molecule has 3 rings (SSSR count). The molecule has 2 aliphatic rings. The van der Waals surface area contributed by atoms with Crippen LogP contribution in [-0.2, 0) is 0 Å². The van der Waals surface area contributed by atoms with Crippen molar-refractivity contribution < 1.29 is 0 Å². The zero-order valence-electron chi connectivity index (χ0n) is 10.0. The van der Waals surface area contributed by atoms with Crippen molar-refractivity contribution in [3.05, 3.63) is 35.9 Å². The molecule has 1 N–H and O–H groups in total. The first-order valence-corrected chi connectivity index (χ1v) is 6.65. The van der Waals surface area contributed by atoms with Crippen LogP contribution in [0.5, 0.6) is 0 Å². The summed E-state index contributed by atoms with van der Waals surface area (Å²) in [7, 11) is 0. The van der Waals surface area contributed by atoms with Crippen molar-refractivity contribution >= 4 is 0 Å². The second kappa shape index (κ2) is 4.21. The average molecular weight is 215 g/mol. The van der Waals surface area contributed by atoms with E-state index in [9.17, 15) is 0 Å². The smallest absolute Gasteiger partial charge is 0.0145 e. The van der Waals surface area contributed by atoms with Crippen LogP contribution in [0.2, 0.25) is 0 Å². The van der Waals surface area contributed by atoms with E-state index in [4.69, 9.17) is 0 Å². The Morgan fingerprint density at radius 3 is 2.56 bits per heavy atom. The molecular weight excluding hydrogens is 194 g/mol. The zero-order chi connectivity index (χ0) is 11.0. The zero-order valence-corrected chi connectivity index (χ0v) is 10.0. The molecule has 1 aromatic rings. The van der Waals surface area contributed by atoms with Crippen LogP contribution >= 0.6 is 0 Å². The lowest BCUT2D eigenvalue weighted by Gasteiger charge is -2.32. The molecule has 1 nitrogen and oxygen atoms in total. The van der Waals surface area contributed by atoms with Gasteiger partial charge in [0.05, 0.1) is 0 Å². The highest BCUT2D eigenvalue weighted by Crippen LogP contribution is 2.42. The quantitative estimate of drug-likeness (QED) is 0.812. The Bertz CT molecular complexity index is 342. The number of benzene rings is 1. The third-order valence-corrected chi connectivity index (χ3v) is 4.35. The van der Waals surface area contributed by atoms with Gasteiger partial charge in [-0.15, -0.1) is 0 Å². The van der Waals surface area contributed by atoms with Crippen LogP contribution in [0.3, 0.4) is 0 Å². The van der Waals surface area contributed by atoms with Gasteiger partial charge in [0.1, 0.15) is 0 Å². The molecule has 0 saturated heterocycles. The van der Waals surface area contributed by atoms with Crippen molar-refractivity contribution in [3.63, 3.8) is 0 Å². The highest BCUT2D eigenvalue weighted by molar-refractivity contribution is 5.27. The number of rotatable bonds is 4. The fourth-order valence-electron chi connectivity index (χ4n) is 2.86. The molecule has 0 amide bonds. The highest BCUT2D eigenvalue weighted by Gasteiger charge is 2.40. The summed E-state index contributed by atoms with van der Waals surface area (Å²) in [5.74, 6) is 1.74. The predicted octanol–water partition coefficient (Wildman–Crippen LogP) is 3.32. The third kappa shape index (κ3) is 2.01. The molecule has 2 aliphatic carbocycles. The number of hydrogen-bond acceptors (Lipinski definition) is 1. The topological polar surface area (TPSA) is 12.0 Å². The summed E-state index contributed by atoms with van der Waals surface area (Å²) in [6.07, 6.45) is 5.67. The Hall–Kier alpha value is -0.820. The molecule has 3 atom stereocenters. The lowest BCUT2D eigenvalue weighted by atomic mass is 9.80. The Balaban J connectivity index is 1.52. The maximum absolute atomic E-state index is 3.80. The fourth-order valence-corrected chi connectivity index (χ4v) is 2.86. The van der Waals surface area contributed by atoms with Gasteiger partial charge in [-0.25, -0.2) is 0 Å². The first-order valence-electron chi connectivity index (χ1n) is 6.65. The van der Waals surface area contributed by atoms with Crippen LogP contribution in [0.1, 0.15) is 44.1 Å². The SMILES string of the molecule is C[C@@H](N[C@@H]1C[C@@H]1c1ccccc1)C1CCC1. The Labute approximate surface area is 98.3 Å². The minimum atomic E-state index is 0.729. The molecule has 0 bridgehead atoms. The minimum Gasteiger partial charge on any atom is -0.311 e. The van der Waals surface area contributed by atoms with Crippen molar-refractivity contribution in [3.8, 4) is 0 Å². The molecule has 1 aromatic carbocycles. The summed E-state index contributed by atoms with van der Waals surface area (Å²) in [6, 6.07) is 12.4. The fraction of sp³-hybridized carbons (Fsp3) is 0.600. The summed E-state index contributed by atoms with van der Waals surface area (Å²) in [6.45, 7) is 2.37. The standard InChI is InChI=1S/C15H21N/c1-11(12-8-5-9-12)16-15-10-14(15)13-6-3-2-4-7-13/h2-4,6-7,11-12,14-16H,5,8-10H2,1H3/t11-,14-,15-/m1/s1. The van der Waals surface area contributed by atoms with Gasteiger partial charge in [-0.2, -0.15) is 0 Å². The van der Waals surface area contributed by atoms with E-state index >= 15 is 0 Å². The largest absolute Gasteiger partial charge is 0.311 e. The van der Waals surface area contributed by atoms with Gasteiger partial charge >= 0.3 is 0 Å². The van der Waals surface area contributed by atoms with Gasteiger partial charge in [-0.3, -0.25) is 0 Å². The second-order valence-corrected chi connectivity index (χ2v) is 5.51. The molecule has 86 valence electrons. The first kappa shape index (κ1) is 10.3. The van der Waals surface area contributed by atoms with Crippen LogP contribution in [0.4, 0.5) is 0 Å². The summed E-state index contributed by atoms with van der Waals surface area (Å²) in [4.78, 5) is 0. The molecule has 2 saturated carbocycles. The predicted molar refractivity (Wildman–Crippen MR) is 67.5 cm³/mol. The van der Waals surface area contributed by atoms with E-state index in [1.165, 1.54) is 31.2 Å².